The molecule has 15 heavy (non-hydrogen) atoms. The minimum atomic E-state index is -0.910. The van der Waals surface area contributed by atoms with Crippen LogP contribution in [0.2, 0.25) is 0 Å². The van der Waals surface area contributed by atoms with Gasteiger partial charge < -0.3 is 0 Å². The quantitative estimate of drug-likeness (QED) is 0.672. The maximum atomic E-state index is 12.0. The average Bonchev–Trinajstić information content (AvgIpc) is 2.15. The van der Waals surface area contributed by atoms with Crippen LogP contribution in [0.4, 0.5) is 0 Å². The van der Waals surface area contributed by atoms with E-state index < -0.39 is 7.26 Å². The summed E-state index contributed by atoms with van der Waals surface area (Å²) in [6.07, 6.45) is 7.07. The summed E-state index contributed by atoms with van der Waals surface area (Å²) < 4.78 is 0. The number of Topliss-reactive ketones (excluding diaryl/α,β-unsaturated/α-hetero) is 1. The van der Waals surface area contributed by atoms with Crippen molar-refractivity contribution in [1.82, 2.24) is 0 Å². The van der Waals surface area contributed by atoms with Gasteiger partial charge in [-0.1, -0.05) is 13.3 Å². The highest BCUT2D eigenvalue weighted by Gasteiger charge is 2.30. The Labute approximate surface area is 95.4 Å². The molecule has 0 spiro atoms. The van der Waals surface area contributed by atoms with Crippen LogP contribution in [-0.4, -0.2) is 31.9 Å². The highest BCUT2D eigenvalue weighted by molar-refractivity contribution is 7.74. The summed E-state index contributed by atoms with van der Waals surface area (Å²) in [5.74, 6) is 1.87. The summed E-state index contributed by atoms with van der Waals surface area (Å²) in [5.41, 5.74) is 0. The molecule has 1 fully saturated rings. The van der Waals surface area contributed by atoms with Gasteiger partial charge in [-0.15, -0.1) is 0 Å². The molecule has 0 heterocycles. The van der Waals surface area contributed by atoms with E-state index in [-0.39, 0.29) is 0 Å². The van der Waals surface area contributed by atoms with E-state index >= 15 is 0 Å². The maximum absolute atomic E-state index is 12.0. The lowest BCUT2D eigenvalue weighted by atomic mass is 9.79. The molecule has 1 nitrogen and oxygen atoms in total. The van der Waals surface area contributed by atoms with Crippen molar-refractivity contribution in [1.29, 1.82) is 0 Å². The van der Waals surface area contributed by atoms with E-state index in [1.165, 1.54) is 19.3 Å². The number of hydrogen-bond acceptors (Lipinski definition) is 1. The molecular weight excluding hydrogens is 203 g/mol. The fraction of sp³-hybridized carbons (Fsp3) is 0.923. The summed E-state index contributed by atoms with van der Waals surface area (Å²) in [5, 5.41) is 0. The molecule has 0 aromatic rings. The SMILES string of the molecule is CCC1CCC(C(=O)C[P+](C)(C)C)CC1. The molecule has 1 aliphatic carbocycles. The smallest absolute Gasteiger partial charge is 0.172 e. The first-order chi connectivity index (χ1) is 6.92. The van der Waals surface area contributed by atoms with E-state index in [1.54, 1.807) is 0 Å². The van der Waals surface area contributed by atoms with Crippen molar-refractivity contribution in [2.45, 2.75) is 39.0 Å². The van der Waals surface area contributed by atoms with Crippen molar-refractivity contribution in [2.24, 2.45) is 11.8 Å². The number of ketones is 1. The minimum absolute atomic E-state index is 0.409. The van der Waals surface area contributed by atoms with Crippen LogP contribution < -0.4 is 0 Å². The molecule has 1 rings (SSSR count). The zero-order chi connectivity index (χ0) is 11.5. The summed E-state index contributed by atoms with van der Waals surface area (Å²) in [6, 6.07) is 0. The van der Waals surface area contributed by atoms with Gasteiger partial charge in [-0.2, -0.15) is 0 Å². The Morgan fingerprint density at radius 3 is 2.07 bits per heavy atom. The van der Waals surface area contributed by atoms with Crippen LogP contribution in [0.15, 0.2) is 0 Å². The van der Waals surface area contributed by atoms with E-state index in [1.807, 2.05) is 0 Å². The van der Waals surface area contributed by atoms with E-state index in [0.29, 0.717) is 11.7 Å². The maximum Gasteiger partial charge on any atom is 0.172 e. The lowest BCUT2D eigenvalue weighted by molar-refractivity contribution is -0.121. The Kier molecular flexibility index (Phi) is 4.77. The molecule has 0 N–H and O–H groups in total. The first kappa shape index (κ1) is 13.2. The molecule has 88 valence electrons. The second-order valence-electron chi connectivity index (χ2n) is 6.04. The first-order valence-corrected chi connectivity index (χ1v) is 9.57. The van der Waals surface area contributed by atoms with Gasteiger partial charge in [-0.25, -0.2) is 0 Å². The van der Waals surface area contributed by atoms with Gasteiger partial charge in [0.1, 0.15) is 6.16 Å². The van der Waals surface area contributed by atoms with Crippen LogP contribution in [0.25, 0.3) is 0 Å². The van der Waals surface area contributed by atoms with Gasteiger partial charge in [0.2, 0.25) is 0 Å². The van der Waals surface area contributed by atoms with Gasteiger partial charge in [0.05, 0.1) is 0 Å². The number of hydrogen-bond donors (Lipinski definition) is 0. The molecule has 0 radical (unpaired) electrons. The van der Waals surface area contributed by atoms with Crippen molar-refractivity contribution < 1.29 is 4.79 Å². The molecule has 0 amide bonds. The van der Waals surface area contributed by atoms with Gasteiger partial charge >= 0.3 is 0 Å². The average molecular weight is 229 g/mol. The Bertz CT molecular complexity index is 209. The van der Waals surface area contributed by atoms with E-state index in [9.17, 15) is 4.79 Å². The number of carbonyl (C=O) groups is 1. The lowest BCUT2D eigenvalue weighted by Crippen LogP contribution is -2.24. The normalized spacial score (nSPS) is 27.7. The number of rotatable bonds is 4. The molecule has 0 saturated heterocycles. The molecule has 1 aliphatic rings. The highest BCUT2D eigenvalue weighted by atomic mass is 31.2. The van der Waals surface area contributed by atoms with Crippen LogP contribution in [0.5, 0.6) is 0 Å². The summed E-state index contributed by atoms with van der Waals surface area (Å²) in [4.78, 5) is 12.0. The zero-order valence-corrected chi connectivity index (χ0v) is 11.6. The predicted molar refractivity (Wildman–Crippen MR) is 70.3 cm³/mol. The van der Waals surface area contributed by atoms with Gasteiger partial charge in [-0.05, 0) is 31.6 Å². The molecular formula is C13H26OP+. The Balaban J connectivity index is 2.37. The van der Waals surface area contributed by atoms with Crippen LogP contribution >= 0.6 is 7.26 Å². The van der Waals surface area contributed by atoms with Gasteiger partial charge in [-0.3, -0.25) is 4.79 Å². The van der Waals surface area contributed by atoms with Crippen LogP contribution in [0, 0.1) is 11.8 Å². The second kappa shape index (κ2) is 5.43. The monoisotopic (exact) mass is 229 g/mol. The van der Waals surface area contributed by atoms with Gasteiger partial charge in [0, 0.05) is 33.2 Å². The fourth-order valence-electron chi connectivity index (χ4n) is 2.49. The highest BCUT2D eigenvalue weighted by Crippen LogP contribution is 2.47. The van der Waals surface area contributed by atoms with E-state index in [4.69, 9.17) is 0 Å². The summed E-state index contributed by atoms with van der Waals surface area (Å²) in [6.45, 7) is 9.07. The second-order valence-corrected chi connectivity index (χ2v) is 10.9. The molecule has 0 atom stereocenters. The number of carbonyl (C=O) groups excluding carboxylic acids is 1. The summed E-state index contributed by atoms with van der Waals surface area (Å²) in [7, 11) is -0.910. The molecule has 0 aromatic carbocycles. The molecule has 1 saturated carbocycles. The molecule has 0 unspecified atom stereocenters. The lowest BCUT2D eigenvalue weighted by Gasteiger charge is -2.27. The molecule has 0 aliphatic heterocycles. The molecule has 2 heteroatoms. The Hall–Kier alpha value is 0.100. The van der Waals surface area contributed by atoms with E-state index in [2.05, 4.69) is 26.9 Å². The van der Waals surface area contributed by atoms with Crippen molar-refractivity contribution in [3.05, 3.63) is 0 Å². The Morgan fingerprint density at radius 1 is 1.13 bits per heavy atom. The van der Waals surface area contributed by atoms with Crippen LogP contribution in [0.3, 0.4) is 0 Å². The third-order valence-corrected chi connectivity index (χ3v) is 4.77. The molecule has 0 aromatic heterocycles. The third kappa shape index (κ3) is 4.64. The first-order valence-electron chi connectivity index (χ1n) is 6.25. The summed E-state index contributed by atoms with van der Waals surface area (Å²) >= 11 is 0. The van der Waals surface area contributed by atoms with Crippen molar-refractivity contribution in [3.8, 4) is 0 Å². The predicted octanol–water partition coefficient (Wildman–Crippen LogP) is 3.68. The van der Waals surface area contributed by atoms with Crippen LogP contribution in [0.1, 0.15) is 39.0 Å². The van der Waals surface area contributed by atoms with E-state index in [0.717, 1.165) is 24.9 Å². The van der Waals surface area contributed by atoms with Gasteiger partial charge in [0.25, 0.3) is 0 Å². The van der Waals surface area contributed by atoms with Gasteiger partial charge in [0.15, 0.2) is 5.78 Å². The van der Waals surface area contributed by atoms with Crippen molar-refractivity contribution in [3.63, 3.8) is 0 Å². The Morgan fingerprint density at radius 2 is 1.67 bits per heavy atom. The van der Waals surface area contributed by atoms with Crippen LogP contribution in [-0.2, 0) is 4.79 Å². The molecule has 0 bridgehead atoms. The zero-order valence-electron chi connectivity index (χ0n) is 10.8. The largest absolute Gasteiger partial charge is 0.295 e. The third-order valence-electron chi connectivity index (χ3n) is 3.51. The van der Waals surface area contributed by atoms with Crippen molar-refractivity contribution in [2.75, 3.05) is 26.2 Å². The van der Waals surface area contributed by atoms with Crippen molar-refractivity contribution >= 4 is 13.0 Å². The topological polar surface area (TPSA) is 17.1 Å². The fourth-order valence-corrected chi connectivity index (χ4v) is 3.68. The standard InChI is InChI=1S/C13H26OP/c1-5-11-6-8-12(9-7-11)13(14)10-15(2,3)4/h11-12H,5-10H2,1-4H3/q+1. The minimum Gasteiger partial charge on any atom is -0.295 e.